The Kier molecular flexibility index (Phi) is 4.58. The van der Waals surface area contributed by atoms with Crippen LogP contribution in [-0.2, 0) is 4.74 Å². The Morgan fingerprint density at radius 1 is 1.25 bits per heavy atom. The van der Waals surface area contributed by atoms with Gasteiger partial charge in [-0.15, -0.1) is 0 Å². The Labute approximate surface area is 129 Å². The van der Waals surface area contributed by atoms with Gasteiger partial charge < -0.3 is 9.64 Å². The monoisotopic (exact) mass is 339 g/mol. The van der Waals surface area contributed by atoms with Gasteiger partial charge in [0.25, 0.3) is 0 Å². The van der Waals surface area contributed by atoms with Gasteiger partial charge in [-0.2, -0.15) is 0 Å². The molecule has 3 heterocycles. The predicted octanol–water partition coefficient (Wildman–Crippen LogP) is 2.53. The Bertz CT molecular complexity index is 448. The van der Waals surface area contributed by atoms with Gasteiger partial charge >= 0.3 is 0 Å². The van der Waals surface area contributed by atoms with Crippen LogP contribution in [0.1, 0.15) is 19.8 Å². The minimum Gasteiger partial charge on any atom is -0.376 e. The molecule has 0 bridgehead atoms. The van der Waals surface area contributed by atoms with E-state index in [2.05, 4.69) is 43.7 Å². The van der Waals surface area contributed by atoms with Crippen molar-refractivity contribution in [2.24, 2.45) is 0 Å². The molecule has 2 fully saturated rings. The molecule has 2 aliphatic rings. The maximum Gasteiger partial charge on any atom is 0.0674 e. The zero-order valence-corrected chi connectivity index (χ0v) is 13.6. The van der Waals surface area contributed by atoms with Gasteiger partial charge in [-0.05, 0) is 41.8 Å². The van der Waals surface area contributed by atoms with E-state index >= 15 is 0 Å². The summed E-state index contributed by atoms with van der Waals surface area (Å²) >= 11 is 3.50. The van der Waals surface area contributed by atoms with Crippen molar-refractivity contribution in [3.63, 3.8) is 0 Å². The minimum atomic E-state index is 0.385. The Hall–Kier alpha value is -0.650. The lowest BCUT2D eigenvalue weighted by atomic mass is 10.0. The molecule has 0 N–H and O–H groups in total. The number of pyridine rings is 1. The molecule has 2 aliphatic heterocycles. The van der Waals surface area contributed by atoms with Crippen LogP contribution >= 0.6 is 15.9 Å². The zero-order valence-electron chi connectivity index (χ0n) is 12.0. The molecule has 2 saturated heterocycles. The first-order valence-corrected chi connectivity index (χ1v) is 8.23. The molecule has 3 rings (SSSR count). The van der Waals surface area contributed by atoms with E-state index in [9.17, 15) is 0 Å². The van der Waals surface area contributed by atoms with Crippen LogP contribution in [0.3, 0.4) is 0 Å². The predicted molar refractivity (Wildman–Crippen MR) is 84.2 cm³/mol. The first kappa shape index (κ1) is 14.3. The molecule has 0 amide bonds. The highest BCUT2D eigenvalue weighted by Crippen LogP contribution is 2.25. The number of rotatable bonds is 2. The number of aromatic nitrogens is 1. The Morgan fingerprint density at radius 2 is 2.05 bits per heavy atom. The van der Waals surface area contributed by atoms with Crippen LogP contribution < -0.4 is 4.90 Å². The van der Waals surface area contributed by atoms with Crippen molar-refractivity contribution in [2.45, 2.75) is 31.9 Å². The van der Waals surface area contributed by atoms with Crippen LogP contribution in [-0.4, -0.2) is 54.8 Å². The fraction of sp³-hybridized carbons (Fsp3) is 0.667. The van der Waals surface area contributed by atoms with Crippen LogP contribution in [0.25, 0.3) is 0 Å². The summed E-state index contributed by atoms with van der Waals surface area (Å²) in [5.41, 5.74) is 1.23. The summed E-state index contributed by atoms with van der Waals surface area (Å²) in [7, 11) is 0. The third kappa shape index (κ3) is 3.32. The number of hydrogen-bond donors (Lipinski definition) is 0. The molecule has 1 atom stereocenters. The third-order valence-electron chi connectivity index (χ3n) is 4.31. The lowest BCUT2D eigenvalue weighted by Crippen LogP contribution is -2.51. The fourth-order valence-corrected chi connectivity index (χ4v) is 3.59. The molecule has 0 spiro atoms. The number of halogens is 1. The molecule has 0 aliphatic carbocycles. The highest BCUT2D eigenvalue weighted by atomic mass is 79.9. The zero-order chi connectivity index (χ0) is 13.9. The highest BCUT2D eigenvalue weighted by molar-refractivity contribution is 9.10. The quantitative estimate of drug-likeness (QED) is 0.827. The van der Waals surface area contributed by atoms with Crippen LogP contribution in [0.4, 0.5) is 5.69 Å². The summed E-state index contributed by atoms with van der Waals surface area (Å²) in [6, 6.07) is 2.88. The number of anilines is 1. The van der Waals surface area contributed by atoms with E-state index in [-0.39, 0.29) is 0 Å². The van der Waals surface area contributed by atoms with Gasteiger partial charge in [0, 0.05) is 42.9 Å². The molecule has 20 heavy (non-hydrogen) atoms. The van der Waals surface area contributed by atoms with E-state index in [4.69, 9.17) is 4.74 Å². The number of ether oxygens (including phenoxy) is 1. The molecule has 0 unspecified atom stereocenters. The lowest BCUT2D eigenvalue weighted by molar-refractivity contribution is -0.0373. The minimum absolute atomic E-state index is 0.385. The highest BCUT2D eigenvalue weighted by Gasteiger charge is 2.27. The van der Waals surface area contributed by atoms with Crippen molar-refractivity contribution in [1.29, 1.82) is 0 Å². The van der Waals surface area contributed by atoms with Crippen molar-refractivity contribution in [2.75, 3.05) is 37.7 Å². The molecule has 1 aromatic heterocycles. The maximum atomic E-state index is 5.64. The lowest BCUT2D eigenvalue weighted by Gasteiger charge is -2.42. The first-order valence-electron chi connectivity index (χ1n) is 7.43. The van der Waals surface area contributed by atoms with Gasteiger partial charge in [0.2, 0.25) is 0 Å². The molecule has 0 aromatic carbocycles. The Morgan fingerprint density at radius 3 is 2.75 bits per heavy atom. The van der Waals surface area contributed by atoms with Crippen molar-refractivity contribution in [3.8, 4) is 0 Å². The number of nitrogens with zero attached hydrogens (tertiary/aromatic N) is 3. The summed E-state index contributed by atoms with van der Waals surface area (Å²) in [4.78, 5) is 9.32. The molecule has 4 nitrogen and oxygen atoms in total. The van der Waals surface area contributed by atoms with Crippen LogP contribution in [0.2, 0.25) is 0 Å². The van der Waals surface area contributed by atoms with Gasteiger partial charge in [-0.3, -0.25) is 9.88 Å². The second kappa shape index (κ2) is 6.41. The van der Waals surface area contributed by atoms with E-state index in [1.807, 2.05) is 12.4 Å². The summed E-state index contributed by atoms with van der Waals surface area (Å²) in [5.74, 6) is 0. The standard InChI is InChI=1S/C15H22BrN3O/c1-12-11-19(6-7-20-12)14-2-4-18(5-3-14)15-8-13(16)9-17-10-15/h8-10,12,14H,2-7,11H2,1H3/t12-/m0/s1. The smallest absolute Gasteiger partial charge is 0.0674 e. The van der Waals surface area contributed by atoms with Crippen LogP contribution in [0.15, 0.2) is 22.9 Å². The Balaban J connectivity index is 1.56. The molecule has 0 saturated carbocycles. The van der Waals surface area contributed by atoms with E-state index in [1.165, 1.54) is 18.5 Å². The molecule has 5 heteroatoms. The summed E-state index contributed by atoms with van der Waals surface area (Å²) < 4.78 is 6.69. The summed E-state index contributed by atoms with van der Waals surface area (Å²) in [6.45, 7) is 7.48. The van der Waals surface area contributed by atoms with Crippen molar-refractivity contribution < 1.29 is 4.74 Å². The molecular formula is C15H22BrN3O. The van der Waals surface area contributed by atoms with Gasteiger partial charge in [0.1, 0.15) is 0 Å². The third-order valence-corrected chi connectivity index (χ3v) is 4.74. The van der Waals surface area contributed by atoms with Crippen LogP contribution in [0, 0.1) is 0 Å². The van der Waals surface area contributed by atoms with Gasteiger partial charge in [0.05, 0.1) is 24.6 Å². The molecule has 0 radical (unpaired) electrons. The molecular weight excluding hydrogens is 318 g/mol. The van der Waals surface area contributed by atoms with Crippen molar-refractivity contribution in [1.82, 2.24) is 9.88 Å². The average molecular weight is 340 g/mol. The van der Waals surface area contributed by atoms with E-state index in [0.717, 1.165) is 43.3 Å². The summed E-state index contributed by atoms with van der Waals surface area (Å²) in [6.07, 6.45) is 6.65. The van der Waals surface area contributed by atoms with E-state index in [1.54, 1.807) is 0 Å². The van der Waals surface area contributed by atoms with Gasteiger partial charge in [0.15, 0.2) is 0 Å². The first-order chi connectivity index (χ1) is 9.72. The van der Waals surface area contributed by atoms with Crippen molar-refractivity contribution in [3.05, 3.63) is 22.9 Å². The maximum absolute atomic E-state index is 5.64. The SMILES string of the molecule is C[C@H]1CN(C2CCN(c3cncc(Br)c3)CC2)CCO1. The second-order valence-corrected chi connectivity index (χ2v) is 6.67. The number of morpholine rings is 1. The van der Waals surface area contributed by atoms with E-state index in [0.29, 0.717) is 6.10 Å². The number of piperidine rings is 1. The van der Waals surface area contributed by atoms with Gasteiger partial charge in [-0.1, -0.05) is 0 Å². The molecule has 110 valence electrons. The summed E-state index contributed by atoms with van der Waals surface area (Å²) in [5, 5.41) is 0. The largest absolute Gasteiger partial charge is 0.376 e. The van der Waals surface area contributed by atoms with E-state index < -0.39 is 0 Å². The van der Waals surface area contributed by atoms with Crippen LogP contribution in [0.5, 0.6) is 0 Å². The van der Waals surface area contributed by atoms with Crippen molar-refractivity contribution >= 4 is 21.6 Å². The average Bonchev–Trinajstić information content (AvgIpc) is 2.47. The normalized spacial score (nSPS) is 25.9. The number of hydrogen-bond acceptors (Lipinski definition) is 4. The second-order valence-electron chi connectivity index (χ2n) is 5.76. The molecule has 1 aromatic rings. The van der Waals surface area contributed by atoms with Gasteiger partial charge in [-0.25, -0.2) is 0 Å². The topological polar surface area (TPSA) is 28.6 Å². The fourth-order valence-electron chi connectivity index (χ4n) is 3.24.